The lowest BCUT2D eigenvalue weighted by molar-refractivity contribution is -0.384. The third-order valence-electron chi connectivity index (χ3n) is 3.19. The number of hydrogen-bond acceptors (Lipinski definition) is 7. The van der Waals surface area contributed by atoms with Crippen LogP contribution in [0, 0.1) is 10.1 Å². The van der Waals surface area contributed by atoms with E-state index in [0.29, 0.717) is 11.8 Å². The minimum Gasteiger partial charge on any atom is -0.357 e. The van der Waals surface area contributed by atoms with Gasteiger partial charge in [-0.25, -0.2) is 4.98 Å². The van der Waals surface area contributed by atoms with Crippen LogP contribution >= 0.6 is 0 Å². The molecule has 1 N–H and O–H groups in total. The normalized spacial score (nSPS) is 17.1. The molecule has 2 heterocycles. The summed E-state index contributed by atoms with van der Waals surface area (Å²) in [7, 11) is 3.75. The summed E-state index contributed by atoms with van der Waals surface area (Å²) in [6, 6.07) is 0. The van der Waals surface area contributed by atoms with Crippen molar-refractivity contribution in [2.24, 2.45) is 0 Å². The first-order valence-electron chi connectivity index (χ1n) is 6.24. The fourth-order valence-corrected chi connectivity index (χ4v) is 2.11. The van der Waals surface area contributed by atoms with Crippen molar-refractivity contribution >= 4 is 17.5 Å². The second kappa shape index (κ2) is 5.79. The maximum atomic E-state index is 11.1. The molecule has 1 aromatic heterocycles. The fraction of sp³-hybridized carbons (Fsp3) is 0.636. The van der Waals surface area contributed by atoms with Crippen molar-refractivity contribution in [2.75, 3.05) is 50.5 Å². The summed E-state index contributed by atoms with van der Waals surface area (Å²) in [6.07, 6.45) is 2.23. The molecular formula is C11H18N6O2. The Bertz CT molecular complexity index is 466. The Morgan fingerprint density at radius 3 is 2.84 bits per heavy atom. The molecule has 0 radical (unpaired) electrons. The highest BCUT2D eigenvalue weighted by Crippen LogP contribution is 2.26. The van der Waals surface area contributed by atoms with E-state index in [4.69, 9.17) is 0 Å². The van der Waals surface area contributed by atoms with Gasteiger partial charge >= 0.3 is 5.69 Å². The average molecular weight is 266 g/mol. The van der Waals surface area contributed by atoms with Gasteiger partial charge in [0.15, 0.2) is 0 Å². The van der Waals surface area contributed by atoms with Crippen LogP contribution in [-0.4, -0.2) is 60.1 Å². The second-order valence-electron chi connectivity index (χ2n) is 4.55. The number of nitrogens with one attached hydrogen (secondary N) is 1. The second-order valence-corrected chi connectivity index (χ2v) is 4.55. The molecule has 1 aromatic rings. The molecule has 0 spiro atoms. The van der Waals surface area contributed by atoms with Gasteiger partial charge in [0, 0.05) is 26.7 Å². The van der Waals surface area contributed by atoms with Gasteiger partial charge in [-0.1, -0.05) is 0 Å². The maximum Gasteiger partial charge on any atom is 0.329 e. The molecule has 1 aliphatic heterocycles. The fourth-order valence-electron chi connectivity index (χ4n) is 2.11. The van der Waals surface area contributed by atoms with Crippen molar-refractivity contribution in [1.82, 2.24) is 14.9 Å². The Hall–Kier alpha value is -1.96. The minimum atomic E-state index is -0.427. The van der Waals surface area contributed by atoms with Crippen LogP contribution in [0.5, 0.6) is 0 Å². The van der Waals surface area contributed by atoms with Crippen LogP contribution in [0.4, 0.5) is 17.5 Å². The van der Waals surface area contributed by atoms with E-state index in [1.54, 1.807) is 7.05 Å². The van der Waals surface area contributed by atoms with E-state index in [-0.39, 0.29) is 5.69 Å². The number of rotatable bonds is 3. The summed E-state index contributed by atoms with van der Waals surface area (Å²) >= 11 is 0. The van der Waals surface area contributed by atoms with E-state index in [9.17, 15) is 10.1 Å². The van der Waals surface area contributed by atoms with Gasteiger partial charge < -0.3 is 15.1 Å². The zero-order chi connectivity index (χ0) is 13.8. The summed E-state index contributed by atoms with van der Waals surface area (Å²) in [6.45, 7) is 3.37. The van der Waals surface area contributed by atoms with Crippen molar-refractivity contribution in [3.8, 4) is 0 Å². The maximum absolute atomic E-state index is 11.1. The number of nitrogens with zero attached hydrogens (tertiary/aromatic N) is 5. The van der Waals surface area contributed by atoms with Gasteiger partial charge in [-0.2, -0.15) is 4.98 Å². The van der Waals surface area contributed by atoms with Gasteiger partial charge in [-0.05, 0) is 20.0 Å². The first kappa shape index (κ1) is 13.5. The van der Waals surface area contributed by atoms with Crippen LogP contribution in [0.15, 0.2) is 6.20 Å². The molecule has 0 amide bonds. The SMILES string of the molecule is CNc1ncc([N+](=O)[O-])c(N2CCCN(C)CC2)n1. The van der Waals surface area contributed by atoms with E-state index in [2.05, 4.69) is 27.2 Å². The molecule has 0 unspecified atom stereocenters. The van der Waals surface area contributed by atoms with Gasteiger partial charge in [-0.3, -0.25) is 10.1 Å². The third-order valence-corrected chi connectivity index (χ3v) is 3.19. The van der Waals surface area contributed by atoms with Crippen molar-refractivity contribution in [3.05, 3.63) is 16.3 Å². The van der Waals surface area contributed by atoms with Crippen LogP contribution in [0.2, 0.25) is 0 Å². The molecule has 0 saturated carbocycles. The largest absolute Gasteiger partial charge is 0.357 e. The molecule has 0 bridgehead atoms. The number of hydrogen-bond donors (Lipinski definition) is 1. The van der Waals surface area contributed by atoms with Gasteiger partial charge in [0.1, 0.15) is 6.20 Å². The average Bonchev–Trinajstić information content (AvgIpc) is 2.62. The quantitative estimate of drug-likeness (QED) is 0.632. The number of anilines is 2. The molecule has 2 rings (SSSR count). The minimum absolute atomic E-state index is 0.0384. The molecule has 8 heteroatoms. The van der Waals surface area contributed by atoms with Crippen molar-refractivity contribution in [3.63, 3.8) is 0 Å². The highest BCUT2D eigenvalue weighted by molar-refractivity contribution is 5.59. The summed E-state index contributed by atoms with van der Waals surface area (Å²) < 4.78 is 0. The van der Waals surface area contributed by atoms with E-state index >= 15 is 0 Å². The summed E-state index contributed by atoms with van der Waals surface area (Å²) in [5.74, 6) is 0.804. The van der Waals surface area contributed by atoms with E-state index in [1.807, 2.05) is 4.90 Å². The van der Waals surface area contributed by atoms with Crippen molar-refractivity contribution < 1.29 is 4.92 Å². The monoisotopic (exact) mass is 266 g/mol. The molecule has 1 saturated heterocycles. The van der Waals surface area contributed by atoms with Crippen LogP contribution in [-0.2, 0) is 0 Å². The lowest BCUT2D eigenvalue weighted by Gasteiger charge is -2.21. The van der Waals surface area contributed by atoms with E-state index in [0.717, 1.165) is 32.6 Å². The molecule has 0 atom stereocenters. The Balaban J connectivity index is 2.32. The Morgan fingerprint density at radius 2 is 2.16 bits per heavy atom. The molecule has 1 aliphatic rings. The van der Waals surface area contributed by atoms with Crippen LogP contribution in [0.3, 0.4) is 0 Å². The number of aromatic nitrogens is 2. The van der Waals surface area contributed by atoms with Crippen LogP contribution in [0.25, 0.3) is 0 Å². The van der Waals surface area contributed by atoms with E-state index in [1.165, 1.54) is 6.20 Å². The predicted molar refractivity (Wildman–Crippen MR) is 72.6 cm³/mol. The topological polar surface area (TPSA) is 87.4 Å². The van der Waals surface area contributed by atoms with E-state index < -0.39 is 4.92 Å². The lowest BCUT2D eigenvalue weighted by atomic mass is 10.3. The van der Waals surface area contributed by atoms with Crippen molar-refractivity contribution in [1.29, 1.82) is 0 Å². The smallest absolute Gasteiger partial charge is 0.329 e. The van der Waals surface area contributed by atoms with Gasteiger partial charge in [0.25, 0.3) is 0 Å². The molecule has 0 aliphatic carbocycles. The van der Waals surface area contributed by atoms with Gasteiger partial charge in [0.05, 0.1) is 4.92 Å². The van der Waals surface area contributed by atoms with Crippen LogP contribution < -0.4 is 10.2 Å². The third kappa shape index (κ3) is 3.08. The van der Waals surface area contributed by atoms with Gasteiger partial charge in [-0.15, -0.1) is 0 Å². The standard InChI is InChI=1S/C11H18N6O2/c1-12-11-13-8-9(17(18)19)10(14-11)16-5-3-4-15(2)6-7-16/h8H,3-7H2,1-2H3,(H,12,13,14). The highest BCUT2D eigenvalue weighted by atomic mass is 16.6. The Morgan fingerprint density at radius 1 is 1.37 bits per heavy atom. The zero-order valence-corrected chi connectivity index (χ0v) is 11.2. The Kier molecular flexibility index (Phi) is 4.10. The summed E-state index contributed by atoms with van der Waals surface area (Å²) in [5.41, 5.74) is -0.0384. The molecule has 104 valence electrons. The zero-order valence-electron chi connectivity index (χ0n) is 11.2. The highest BCUT2D eigenvalue weighted by Gasteiger charge is 2.24. The first-order valence-corrected chi connectivity index (χ1v) is 6.24. The Labute approximate surface area is 111 Å². The van der Waals surface area contributed by atoms with Gasteiger partial charge in [0.2, 0.25) is 11.8 Å². The van der Waals surface area contributed by atoms with Crippen LogP contribution in [0.1, 0.15) is 6.42 Å². The van der Waals surface area contributed by atoms with Crippen molar-refractivity contribution in [2.45, 2.75) is 6.42 Å². The molecule has 0 aromatic carbocycles. The number of nitro groups is 1. The molecule has 8 nitrogen and oxygen atoms in total. The summed E-state index contributed by atoms with van der Waals surface area (Å²) in [4.78, 5) is 23.0. The lowest BCUT2D eigenvalue weighted by Crippen LogP contribution is -2.30. The molecule has 19 heavy (non-hydrogen) atoms. The predicted octanol–water partition coefficient (Wildman–Crippen LogP) is 0.568. The summed E-state index contributed by atoms with van der Waals surface area (Å²) in [5, 5.41) is 13.9. The number of likely N-dealkylation sites (N-methyl/N-ethyl adjacent to an activating group) is 1. The molecule has 1 fully saturated rings. The first-order chi connectivity index (χ1) is 9.11. The molecular weight excluding hydrogens is 248 g/mol.